The number of hydrogen-bond donors (Lipinski definition) is 1. The first-order valence-electron chi connectivity index (χ1n) is 8.95. The highest BCUT2D eigenvalue weighted by Gasteiger charge is 2.37. The Kier molecular flexibility index (Phi) is 3.83. The first-order valence-corrected chi connectivity index (χ1v) is 8.95. The molecule has 3 aliphatic heterocycles. The van der Waals surface area contributed by atoms with Crippen LogP contribution in [0.5, 0.6) is 0 Å². The van der Waals surface area contributed by atoms with Gasteiger partial charge in [0.1, 0.15) is 11.6 Å². The summed E-state index contributed by atoms with van der Waals surface area (Å²) in [5.74, 6) is 2.90. The van der Waals surface area contributed by atoms with E-state index in [9.17, 15) is 0 Å². The topological polar surface area (TPSA) is 103 Å². The van der Waals surface area contributed by atoms with E-state index < -0.39 is 0 Å². The minimum atomic E-state index is 0.247. The molecule has 2 aromatic heterocycles. The van der Waals surface area contributed by atoms with E-state index in [4.69, 9.17) is 25.2 Å². The Labute approximate surface area is 151 Å². The fraction of sp³-hybridized carbons (Fsp3) is 0.529. The molecule has 5 rings (SSSR count). The van der Waals surface area contributed by atoms with E-state index in [1.165, 1.54) is 5.56 Å². The molecule has 0 amide bonds. The summed E-state index contributed by atoms with van der Waals surface area (Å²) < 4.78 is 11.2. The van der Waals surface area contributed by atoms with Gasteiger partial charge in [-0.1, -0.05) is 0 Å². The molecule has 0 saturated carbocycles. The van der Waals surface area contributed by atoms with E-state index in [1.54, 1.807) is 12.4 Å². The van der Waals surface area contributed by atoms with Crippen LogP contribution in [0.1, 0.15) is 5.56 Å². The Morgan fingerprint density at radius 2 is 1.69 bits per heavy atom. The molecule has 1 atom stereocenters. The highest BCUT2D eigenvalue weighted by molar-refractivity contribution is 5.70. The third kappa shape index (κ3) is 2.63. The zero-order valence-corrected chi connectivity index (χ0v) is 14.5. The molecule has 0 radical (unpaired) electrons. The standard InChI is InChI=1S/C17H21N7O2/c18-17-19-8-11(9-20-17)14-21-15(23-1-4-25-5-2-23)13-7-12-10-26-6-3-24(12)16(13)22-14/h8-9,12H,1-7,10H2,(H2,18,19,20)/t12-/m0/s1. The molecule has 2 aromatic rings. The van der Waals surface area contributed by atoms with Gasteiger partial charge in [0.2, 0.25) is 5.95 Å². The third-order valence-corrected chi connectivity index (χ3v) is 5.14. The van der Waals surface area contributed by atoms with Crippen LogP contribution in [0.25, 0.3) is 11.4 Å². The van der Waals surface area contributed by atoms with Crippen LogP contribution >= 0.6 is 0 Å². The van der Waals surface area contributed by atoms with Gasteiger partial charge in [0, 0.05) is 44.0 Å². The smallest absolute Gasteiger partial charge is 0.219 e. The molecule has 0 aromatic carbocycles. The number of nitrogens with two attached hydrogens (primary N) is 1. The van der Waals surface area contributed by atoms with Crippen molar-refractivity contribution < 1.29 is 9.47 Å². The van der Waals surface area contributed by atoms with Crippen molar-refractivity contribution in [1.29, 1.82) is 0 Å². The normalized spacial score (nSPS) is 22.2. The van der Waals surface area contributed by atoms with Gasteiger partial charge in [-0.05, 0) is 0 Å². The van der Waals surface area contributed by atoms with Crippen LogP contribution in [0.3, 0.4) is 0 Å². The fourth-order valence-electron chi connectivity index (χ4n) is 3.84. The number of hydrogen-bond acceptors (Lipinski definition) is 9. The van der Waals surface area contributed by atoms with Gasteiger partial charge in [-0.2, -0.15) is 0 Å². The molecule has 3 aliphatic rings. The number of nitrogen functional groups attached to an aromatic ring is 1. The molecule has 0 unspecified atom stereocenters. The molecule has 0 bridgehead atoms. The molecule has 2 saturated heterocycles. The second-order valence-electron chi connectivity index (χ2n) is 6.73. The predicted octanol–water partition coefficient (Wildman–Crippen LogP) is 0.114. The number of anilines is 3. The lowest BCUT2D eigenvalue weighted by Gasteiger charge is -2.31. The lowest BCUT2D eigenvalue weighted by molar-refractivity contribution is 0.0973. The number of ether oxygens (including phenoxy) is 2. The van der Waals surface area contributed by atoms with Crippen LogP contribution in [0.2, 0.25) is 0 Å². The van der Waals surface area contributed by atoms with Gasteiger partial charge in [-0.25, -0.2) is 19.9 Å². The van der Waals surface area contributed by atoms with E-state index in [2.05, 4.69) is 19.8 Å². The Bertz CT molecular complexity index is 808. The highest BCUT2D eigenvalue weighted by atomic mass is 16.5. The summed E-state index contributed by atoms with van der Waals surface area (Å²) >= 11 is 0. The van der Waals surface area contributed by atoms with E-state index in [0.29, 0.717) is 11.9 Å². The van der Waals surface area contributed by atoms with Crippen LogP contribution in [-0.4, -0.2) is 72.0 Å². The molecule has 136 valence electrons. The van der Waals surface area contributed by atoms with Crippen LogP contribution < -0.4 is 15.5 Å². The van der Waals surface area contributed by atoms with Crippen molar-refractivity contribution in [2.24, 2.45) is 0 Å². The van der Waals surface area contributed by atoms with Crippen LogP contribution in [0.4, 0.5) is 17.6 Å². The number of morpholine rings is 2. The SMILES string of the molecule is Nc1ncc(-c2nc(N3CCOCC3)c3c(n2)N2CCOC[C@@H]2C3)cn1. The maximum atomic E-state index is 5.67. The van der Waals surface area contributed by atoms with Crippen LogP contribution in [0, 0.1) is 0 Å². The minimum absolute atomic E-state index is 0.247. The van der Waals surface area contributed by atoms with Crippen molar-refractivity contribution in [2.45, 2.75) is 12.5 Å². The summed E-state index contributed by atoms with van der Waals surface area (Å²) in [7, 11) is 0. The van der Waals surface area contributed by atoms with E-state index in [1.807, 2.05) is 0 Å². The Hall–Kier alpha value is -2.52. The Morgan fingerprint density at radius 3 is 2.50 bits per heavy atom. The monoisotopic (exact) mass is 355 g/mol. The van der Waals surface area contributed by atoms with Crippen molar-refractivity contribution in [2.75, 3.05) is 61.6 Å². The van der Waals surface area contributed by atoms with Crippen LogP contribution in [-0.2, 0) is 15.9 Å². The summed E-state index contributed by atoms with van der Waals surface area (Å²) in [4.78, 5) is 22.6. The summed E-state index contributed by atoms with van der Waals surface area (Å²) in [6.07, 6.45) is 4.28. The third-order valence-electron chi connectivity index (χ3n) is 5.14. The number of aromatic nitrogens is 4. The van der Waals surface area contributed by atoms with Gasteiger partial charge < -0.3 is 25.0 Å². The second-order valence-corrected chi connectivity index (χ2v) is 6.73. The molecule has 26 heavy (non-hydrogen) atoms. The molecule has 9 nitrogen and oxygen atoms in total. The minimum Gasteiger partial charge on any atom is -0.378 e. The van der Waals surface area contributed by atoms with Crippen molar-refractivity contribution in [1.82, 2.24) is 19.9 Å². The van der Waals surface area contributed by atoms with Gasteiger partial charge in [-0.3, -0.25) is 0 Å². The van der Waals surface area contributed by atoms with Crippen molar-refractivity contribution in [3.63, 3.8) is 0 Å². The molecule has 5 heterocycles. The van der Waals surface area contributed by atoms with Gasteiger partial charge in [-0.15, -0.1) is 0 Å². The molecule has 9 heteroatoms. The Morgan fingerprint density at radius 1 is 0.962 bits per heavy atom. The first-order chi connectivity index (χ1) is 12.8. The van der Waals surface area contributed by atoms with Crippen LogP contribution in [0.15, 0.2) is 12.4 Å². The number of nitrogens with zero attached hydrogens (tertiary/aromatic N) is 6. The quantitative estimate of drug-likeness (QED) is 0.804. The maximum Gasteiger partial charge on any atom is 0.219 e. The summed E-state index contributed by atoms with van der Waals surface area (Å²) in [6.45, 7) is 5.43. The van der Waals surface area contributed by atoms with Gasteiger partial charge in [0.25, 0.3) is 0 Å². The van der Waals surface area contributed by atoms with Gasteiger partial charge in [0.15, 0.2) is 5.82 Å². The fourth-order valence-corrected chi connectivity index (χ4v) is 3.84. The summed E-state index contributed by atoms with van der Waals surface area (Å²) in [5.41, 5.74) is 7.60. The molecule has 2 N–H and O–H groups in total. The highest BCUT2D eigenvalue weighted by Crippen LogP contribution is 2.39. The molecule has 0 spiro atoms. The largest absolute Gasteiger partial charge is 0.378 e. The average Bonchev–Trinajstić information content (AvgIpc) is 3.07. The maximum absolute atomic E-state index is 5.67. The van der Waals surface area contributed by atoms with Gasteiger partial charge in [0.05, 0.1) is 38.0 Å². The van der Waals surface area contributed by atoms with E-state index >= 15 is 0 Å². The van der Waals surface area contributed by atoms with Crippen molar-refractivity contribution in [3.05, 3.63) is 18.0 Å². The van der Waals surface area contributed by atoms with Crippen molar-refractivity contribution in [3.8, 4) is 11.4 Å². The summed E-state index contributed by atoms with van der Waals surface area (Å²) in [6, 6.07) is 0.339. The predicted molar refractivity (Wildman–Crippen MR) is 96.2 cm³/mol. The van der Waals surface area contributed by atoms with E-state index in [0.717, 1.165) is 69.7 Å². The van der Waals surface area contributed by atoms with E-state index in [-0.39, 0.29) is 5.95 Å². The lowest BCUT2D eigenvalue weighted by Crippen LogP contribution is -2.43. The summed E-state index contributed by atoms with van der Waals surface area (Å²) in [5, 5.41) is 0. The zero-order valence-electron chi connectivity index (χ0n) is 14.5. The number of rotatable bonds is 2. The molecule has 2 fully saturated rings. The molecular weight excluding hydrogens is 334 g/mol. The zero-order chi connectivity index (χ0) is 17.5. The molecule has 0 aliphatic carbocycles. The molecular formula is C17H21N7O2. The van der Waals surface area contributed by atoms with Gasteiger partial charge >= 0.3 is 0 Å². The lowest BCUT2D eigenvalue weighted by atomic mass is 10.1. The second kappa shape index (κ2) is 6.33. The van der Waals surface area contributed by atoms with Crippen molar-refractivity contribution >= 4 is 17.6 Å². The Balaban J connectivity index is 1.62. The number of fused-ring (bicyclic) bond motifs is 3. The first kappa shape index (κ1) is 15.7. The average molecular weight is 355 g/mol.